The van der Waals surface area contributed by atoms with Crippen LogP contribution in [0.3, 0.4) is 0 Å². The first-order valence-corrected chi connectivity index (χ1v) is 9.60. The minimum Gasteiger partial charge on any atom is -0.394 e. The first-order valence-electron chi connectivity index (χ1n) is 9.60. The van der Waals surface area contributed by atoms with Crippen molar-refractivity contribution in [3.63, 3.8) is 0 Å². The molecule has 0 aliphatic carbocycles. The topological polar surface area (TPSA) is 78.0 Å². The summed E-state index contributed by atoms with van der Waals surface area (Å²) in [7, 11) is 0. The molecular formula is C25H23N3O2. The van der Waals surface area contributed by atoms with E-state index in [0.717, 1.165) is 16.5 Å². The van der Waals surface area contributed by atoms with E-state index in [9.17, 15) is 9.90 Å². The lowest BCUT2D eigenvalue weighted by molar-refractivity contribution is 0.0916. The summed E-state index contributed by atoms with van der Waals surface area (Å²) in [6.07, 6.45) is 11.4. The van der Waals surface area contributed by atoms with E-state index >= 15 is 0 Å². The summed E-state index contributed by atoms with van der Waals surface area (Å²) < 4.78 is 0. The molecule has 0 saturated carbocycles. The van der Waals surface area contributed by atoms with Crippen molar-refractivity contribution in [2.24, 2.45) is 0 Å². The van der Waals surface area contributed by atoms with E-state index in [-0.39, 0.29) is 18.6 Å². The van der Waals surface area contributed by atoms with Gasteiger partial charge in [0.25, 0.3) is 5.91 Å². The lowest BCUT2D eigenvalue weighted by Crippen LogP contribution is -2.39. The summed E-state index contributed by atoms with van der Waals surface area (Å²) in [5, 5.41) is 13.6. The maximum Gasteiger partial charge on any atom is 0.252 e. The molecule has 4 rings (SSSR count). The molecular weight excluding hydrogens is 374 g/mol. The van der Waals surface area contributed by atoms with Crippen LogP contribution in [0, 0.1) is 12.3 Å². The number of carbonyl (C=O) groups is 1. The Morgan fingerprint density at radius 2 is 1.80 bits per heavy atom. The molecule has 150 valence electrons. The number of carbonyl (C=O) groups excluding carboxylic acids is 1. The van der Waals surface area contributed by atoms with Crippen LogP contribution >= 0.6 is 0 Å². The zero-order chi connectivity index (χ0) is 21.2. The van der Waals surface area contributed by atoms with Crippen molar-refractivity contribution in [3.05, 3.63) is 102 Å². The molecule has 2 heterocycles. The van der Waals surface area contributed by atoms with Gasteiger partial charge in [-0.05, 0) is 42.3 Å². The van der Waals surface area contributed by atoms with Gasteiger partial charge in [0.2, 0.25) is 0 Å². The van der Waals surface area contributed by atoms with Gasteiger partial charge >= 0.3 is 0 Å². The van der Waals surface area contributed by atoms with Crippen LogP contribution in [0.25, 0.3) is 10.9 Å². The predicted molar refractivity (Wildman–Crippen MR) is 119 cm³/mol. The molecule has 0 bridgehead atoms. The Balaban J connectivity index is 0.000000367. The molecule has 5 nitrogen and oxygen atoms in total. The highest BCUT2D eigenvalue weighted by molar-refractivity contribution is 5.97. The van der Waals surface area contributed by atoms with Crippen molar-refractivity contribution < 1.29 is 9.90 Å². The van der Waals surface area contributed by atoms with Gasteiger partial charge in [0.15, 0.2) is 0 Å². The van der Waals surface area contributed by atoms with Gasteiger partial charge in [-0.3, -0.25) is 9.78 Å². The van der Waals surface area contributed by atoms with Crippen LogP contribution in [0.4, 0.5) is 0 Å². The summed E-state index contributed by atoms with van der Waals surface area (Å²) in [6, 6.07) is 20.2. The van der Waals surface area contributed by atoms with E-state index in [1.807, 2.05) is 48.7 Å². The number of hydrogen-bond donors (Lipinski definition) is 3. The summed E-state index contributed by atoms with van der Waals surface area (Å²) >= 11 is 0. The molecule has 30 heavy (non-hydrogen) atoms. The van der Waals surface area contributed by atoms with E-state index in [1.165, 1.54) is 0 Å². The minimum absolute atomic E-state index is 0.149. The van der Waals surface area contributed by atoms with Crippen LogP contribution < -0.4 is 5.32 Å². The fraction of sp³-hybridized carbons (Fsp3) is 0.120. The van der Waals surface area contributed by atoms with Gasteiger partial charge in [-0.25, -0.2) is 0 Å². The second-order valence-electron chi connectivity index (χ2n) is 6.63. The number of H-pyrrole nitrogens is 1. The normalized spacial score (nSPS) is 11.1. The zero-order valence-corrected chi connectivity index (χ0v) is 16.5. The molecule has 0 spiro atoms. The van der Waals surface area contributed by atoms with Crippen LogP contribution in [0.15, 0.2) is 85.3 Å². The number of aromatic nitrogens is 2. The van der Waals surface area contributed by atoms with Crippen molar-refractivity contribution in [2.75, 3.05) is 6.61 Å². The van der Waals surface area contributed by atoms with Crippen molar-refractivity contribution >= 4 is 16.8 Å². The molecule has 3 N–H and O–H groups in total. The van der Waals surface area contributed by atoms with Crippen LogP contribution in [0.5, 0.6) is 0 Å². The smallest absolute Gasteiger partial charge is 0.252 e. The zero-order valence-electron chi connectivity index (χ0n) is 16.5. The number of aliphatic hydroxyl groups is 1. The van der Waals surface area contributed by atoms with E-state index in [1.54, 1.807) is 36.7 Å². The van der Waals surface area contributed by atoms with Gasteiger partial charge in [-0.2, -0.15) is 0 Å². The van der Waals surface area contributed by atoms with E-state index in [4.69, 9.17) is 6.42 Å². The third-order valence-corrected chi connectivity index (χ3v) is 4.59. The van der Waals surface area contributed by atoms with E-state index in [0.29, 0.717) is 17.5 Å². The molecule has 2 aromatic carbocycles. The van der Waals surface area contributed by atoms with Crippen molar-refractivity contribution in [1.29, 1.82) is 0 Å². The first-order chi connectivity index (χ1) is 14.7. The highest BCUT2D eigenvalue weighted by Gasteiger charge is 2.17. The number of nitrogens with one attached hydrogen (secondary N) is 2. The first kappa shape index (κ1) is 20.8. The number of amides is 1. The molecule has 0 fully saturated rings. The number of aliphatic hydroxyl groups excluding tert-OH is 1. The number of rotatable bonds is 5. The number of hydrogen-bond acceptors (Lipinski definition) is 3. The lowest BCUT2D eigenvalue weighted by atomic mass is 10.0. The predicted octanol–water partition coefficient (Wildman–Crippen LogP) is 3.56. The second kappa shape index (κ2) is 10.6. The molecule has 0 unspecified atom stereocenters. The summed E-state index contributed by atoms with van der Waals surface area (Å²) in [6.45, 7) is -0.149. The lowest BCUT2D eigenvalue weighted by Gasteiger charge is -2.16. The summed E-state index contributed by atoms with van der Waals surface area (Å²) in [5.74, 6) is 2.23. The van der Waals surface area contributed by atoms with Gasteiger partial charge in [0, 0.05) is 35.1 Å². The Bertz CT molecular complexity index is 1100. The summed E-state index contributed by atoms with van der Waals surface area (Å²) in [4.78, 5) is 19.4. The third-order valence-electron chi connectivity index (χ3n) is 4.59. The van der Waals surface area contributed by atoms with Gasteiger partial charge in [0.1, 0.15) is 0 Å². The fourth-order valence-electron chi connectivity index (χ4n) is 3.11. The SMILES string of the molecule is C#Cc1ccccc1C(=O)N[C@@H](CO)Cc1c[nH]c2ccccc12.c1ccncc1. The van der Waals surface area contributed by atoms with Gasteiger partial charge < -0.3 is 15.4 Å². The molecule has 0 aliphatic rings. The fourth-order valence-corrected chi connectivity index (χ4v) is 3.11. The molecule has 2 aromatic heterocycles. The molecule has 4 aromatic rings. The summed E-state index contributed by atoms with van der Waals surface area (Å²) in [5.41, 5.74) is 3.07. The van der Waals surface area contributed by atoms with E-state index < -0.39 is 0 Å². The highest BCUT2D eigenvalue weighted by atomic mass is 16.3. The molecule has 1 atom stereocenters. The monoisotopic (exact) mass is 397 g/mol. The highest BCUT2D eigenvalue weighted by Crippen LogP contribution is 2.19. The van der Waals surface area contributed by atoms with Crippen molar-refractivity contribution in [1.82, 2.24) is 15.3 Å². The Hall–Kier alpha value is -3.88. The van der Waals surface area contributed by atoms with Crippen molar-refractivity contribution in [2.45, 2.75) is 12.5 Å². The molecule has 5 heteroatoms. The Morgan fingerprint density at radius 3 is 2.47 bits per heavy atom. The molecule has 0 saturated heterocycles. The van der Waals surface area contributed by atoms with E-state index in [2.05, 4.69) is 21.2 Å². The standard InChI is InChI=1S/C20H18N2O2.C5H5N/c1-2-14-7-3-4-9-18(14)20(24)22-16(13-23)11-15-12-21-19-10-6-5-8-17(15)19;1-2-4-6-5-3-1/h1,3-10,12,16,21,23H,11,13H2,(H,22,24);1-5H/t16-;/m1./s1. The average Bonchev–Trinajstić information content (AvgIpc) is 3.23. The minimum atomic E-state index is -0.387. The average molecular weight is 397 g/mol. The number of aromatic amines is 1. The number of terminal acetylenes is 1. The maximum absolute atomic E-state index is 12.5. The number of nitrogens with zero attached hydrogens (tertiary/aromatic N) is 1. The quantitative estimate of drug-likeness (QED) is 0.451. The Kier molecular flexibility index (Phi) is 7.37. The third kappa shape index (κ3) is 5.34. The number of pyridine rings is 1. The molecule has 0 aliphatic heterocycles. The van der Waals surface area contributed by atoms with Crippen LogP contribution in [0.2, 0.25) is 0 Å². The van der Waals surface area contributed by atoms with Gasteiger partial charge in [0.05, 0.1) is 18.2 Å². The van der Waals surface area contributed by atoms with Gasteiger partial charge in [-0.15, -0.1) is 6.42 Å². The Labute approximate surface area is 175 Å². The molecule has 0 radical (unpaired) electrons. The number of para-hydroxylation sites is 1. The second-order valence-corrected chi connectivity index (χ2v) is 6.63. The number of benzene rings is 2. The molecule has 1 amide bonds. The van der Waals surface area contributed by atoms with Gasteiger partial charge in [-0.1, -0.05) is 42.3 Å². The van der Waals surface area contributed by atoms with Crippen LogP contribution in [-0.2, 0) is 6.42 Å². The van der Waals surface area contributed by atoms with Crippen LogP contribution in [-0.4, -0.2) is 33.6 Å². The van der Waals surface area contributed by atoms with Crippen LogP contribution in [0.1, 0.15) is 21.5 Å². The number of fused-ring (bicyclic) bond motifs is 1. The maximum atomic E-state index is 12.5. The van der Waals surface area contributed by atoms with Crippen molar-refractivity contribution in [3.8, 4) is 12.3 Å². The Morgan fingerprint density at radius 1 is 1.07 bits per heavy atom. The largest absolute Gasteiger partial charge is 0.394 e.